The molecule has 0 radical (unpaired) electrons. The van der Waals surface area contributed by atoms with Crippen LogP contribution in [-0.4, -0.2) is 98.5 Å². The first kappa shape index (κ1) is 17.7. The lowest BCUT2D eigenvalue weighted by Crippen LogP contribution is -2.47. The molecule has 0 aromatic rings. The molecule has 0 saturated carbocycles. The van der Waals surface area contributed by atoms with Crippen LogP contribution in [0.25, 0.3) is 0 Å². The van der Waals surface area contributed by atoms with E-state index in [1.807, 2.05) is 4.90 Å². The zero-order valence-corrected chi connectivity index (χ0v) is 13.9. The number of nitrogens with one attached hydrogen (secondary N) is 1. The maximum Gasteiger partial charge on any atom is 0.236 e. The standard InChI is InChI=1S/C15H26N4O4/c1-12(20)19-4-3-17(9-13(10-19)15(22)16-2)11-14(21)18-5-7-23-8-6-18/h13H,3-11H2,1-2H3,(H,16,22)/t13-/m0/s1. The maximum absolute atomic E-state index is 12.4. The summed E-state index contributed by atoms with van der Waals surface area (Å²) in [6, 6.07) is 0. The van der Waals surface area contributed by atoms with Crippen LogP contribution in [0.1, 0.15) is 6.92 Å². The summed E-state index contributed by atoms with van der Waals surface area (Å²) in [6.07, 6.45) is 0. The summed E-state index contributed by atoms with van der Waals surface area (Å²) in [5.41, 5.74) is 0. The van der Waals surface area contributed by atoms with Crippen molar-refractivity contribution >= 4 is 17.7 Å². The molecule has 0 unspecified atom stereocenters. The highest BCUT2D eigenvalue weighted by Gasteiger charge is 2.30. The van der Waals surface area contributed by atoms with Gasteiger partial charge in [-0.3, -0.25) is 19.3 Å². The number of ether oxygens (including phenoxy) is 1. The fourth-order valence-corrected chi connectivity index (χ4v) is 2.98. The van der Waals surface area contributed by atoms with Gasteiger partial charge in [0.2, 0.25) is 17.7 Å². The molecule has 3 amide bonds. The predicted molar refractivity (Wildman–Crippen MR) is 83.6 cm³/mol. The summed E-state index contributed by atoms with van der Waals surface area (Å²) in [5, 5.41) is 2.64. The van der Waals surface area contributed by atoms with Gasteiger partial charge in [0.05, 0.1) is 25.7 Å². The van der Waals surface area contributed by atoms with E-state index in [4.69, 9.17) is 4.74 Å². The molecular formula is C15H26N4O4. The molecule has 130 valence electrons. The summed E-state index contributed by atoms with van der Waals surface area (Å²) in [7, 11) is 1.59. The van der Waals surface area contributed by atoms with Gasteiger partial charge in [0.15, 0.2) is 0 Å². The molecule has 2 aliphatic rings. The summed E-state index contributed by atoms with van der Waals surface area (Å²) in [4.78, 5) is 41.5. The Kier molecular flexibility index (Phi) is 6.35. The minimum absolute atomic E-state index is 0.0414. The number of carbonyl (C=O) groups excluding carboxylic acids is 3. The molecule has 0 spiro atoms. The lowest BCUT2D eigenvalue weighted by Gasteiger charge is -2.30. The van der Waals surface area contributed by atoms with Crippen LogP contribution in [0, 0.1) is 5.92 Å². The fraction of sp³-hybridized carbons (Fsp3) is 0.800. The van der Waals surface area contributed by atoms with Gasteiger partial charge in [0, 0.05) is 53.2 Å². The van der Waals surface area contributed by atoms with E-state index in [-0.39, 0.29) is 30.2 Å². The van der Waals surface area contributed by atoms with Crippen molar-refractivity contribution in [1.82, 2.24) is 20.0 Å². The zero-order valence-electron chi connectivity index (χ0n) is 13.9. The van der Waals surface area contributed by atoms with Crippen molar-refractivity contribution in [3.63, 3.8) is 0 Å². The van der Waals surface area contributed by atoms with Gasteiger partial charge in [-0.25, -0.2) is 0 Å². The molecule has 2 fully saturated rings. The molecule has 0 aromatic heterocycles. The Hall–Kier alpha value is -1.67. The van der Waals surface area contributed by atoms with Crippen molar-refractivity contribution in [3.8, 4) is 0 Å². The first-order valence-electron chi connectivity index (χ1n) is 8.06. The smallest absolute Gasteiger partial charge is 0.236 e. The number of nitrogens with zero attached hydrogens (tertiary/aromatic N) is 3. The number of hydrogen-bond donors (Lipinski definition) is 1. The second-order valence-corrected chi connectivity index (χ2v) is 6.00. The topological polar surface area (TPSA) is 82.2 Å². The average molecular weight is 326 g/mol. The minimum Gasteiger partial charge on any atom is -0.378 e. The largest absolute Gasteiger partial charge is 0.378 e. The summed E-state index contributed by atoms with van der Waals surface area (Å²) in [5.74, 6) is -0.397. The Morgan fingerprint density at radius 3 is 2.35 bits per heavy atom. The first-order chi connectivity index (χ1) is 11.0. The van der Waals surface area contributed by atoms with Crippen LogP contribution in [-0.2, 0) is 19.1 Å². The molecule has 8 nitrogen and oxygen atoms in total. The highest BCUT2D eigenvalue weighted by atomic mass is 16.5. The summed E-state index contributed by atoms with van der Waals surface area (Å²) >= 11 is 0. The normalized spacial score (nSPS) is 23.3. The highest BCUT2D eigenvalue weighted by molar-refractivity contribution is 5.81. The van der Waals surface area contributed by atoms with E-state index in [2.05, 4.69) is 5.32 Å². The molecule has 2 rings (SSSR count). The van der Waals surface area contributed by atoms with Gasteiger partial charge in [-0.2, -0.15) is 0 Å². The third-order valence-corrected chi connectivity index (χ3v) is 4.39. The van der Waals surface area contributed by atoms with Crippen molar-refractivity contribution < 1.29 is 19.1 Å². The van der Waals surface area contributed by atoms with Crippen LogP contribution >= 0.6 is 0 Å². The van der Waals surface area contributed by atoms with Crippen molar-refractivity contribution in [2.75, 3.05) is 66.1 Å². The molecule has 2 aliphatic heterocycles. The second kappa shape index (κ2) is 8.26. The van der Waals surface area contributed by atoms with Gasteiger partial charge in [-0.05, 0) is 0 Å². The molecule has 0 aliphatic carbocycles. The van der Waals surface area contributed by atoms with E-state index in [1.54, 1.807) is 16.8 Å². The van der Waals surface area contributed by atoms with Gasteiger partial charge in [-0.15, -0.1) is 0 Å². The molecule has 2 heterocycles. The highest BCUT2D eigenvalue weighted by Crippen LogP contribution is 2.11. The molecule has 1 atom stereocenters. The second-order valence-electron chi connectivity index (χ2n) is 6.00. The van der Waals surface area contributed by atoms with Gasteiger partial charge in [0.25, 0.3) is 0 Å². The average Bonchev–Trinajstić information content (AvgIpc) is 2.77. The van der Waals surface area contributed by atoms with Crippen LogP contribution in [0.15, 0.2) is 0 Å². The Morgan fingerprint density at radius 1 is 1.04 bits per heavy atom. The molecule has 23 heavy (non-hydrogen) atoms. The quantitative estimate of drug-likeness (QED) is 0.673. The van der Waals surface area contributed by atoms with Crippen LogP contribution < -0.4 is 5.32 Å². The molecule has 2 saturated heterocycles. The fourth-order valence-electron chi connectivity index (χ4n) is 2.98. The Balaban J connectivity index is 1.98. The van der Waals surface area contributed by atoms with Crippen LogP contribution in [0.2, 0.25) is 0 Å². The molecule has 1 N–H and O–H groups in total. The zero-order chi connectivity index (χ0) is 16.8. The van der Waals surface area contributed by atoms with Crippen molar-refractivity contribution in [1.29, 1.82) is 0 Å². The minimum atomic E-state index is -0.316. The van der Waals surface area contributed by atoms with Crippen molar-refractivity contribution in [2.45, 2.75) is 6.92 Å². The van der Waals surface area contributed by atoms with E-state index >= 15 is 0 Å². The lowest BCUT2D eigenvalue weighted by molar-refractivity contribution is -0.137. The number of amides is 3. The van der Waals surface area contributed by atoms with E-state index in [0.717, 1.165) is 0 Å². The number of morpholine rings is 1. The lowest BCUT2D eigenvalue weighted by atomic mass is 10.1. The van der Waals surface area contributed by atoms with E-state index in [9.17, 15) is 14.4 Å². The molecule has 0 bridgehead atoms. The van der Waals surface area contributed by atoms with Crippen LogP contribution in [0.5, 0.6) is 0 Å². The number of hydrogen-bond acceptors (Lipinski definition) is 5. The van der Waals surface area contributed by atoms with E-state index in [1.165, 1.54) is 6.92 Å². The maximum atomic E-state index is 12.4. The summed E-state index contributed by atoms with van der Waals surface area (Å²) < 4.78 is 5.26. The van der Waals surface area contributed by atoms with Crippen LogP contribution in [0.4, 0.5) is 0 Å². The SMILES string of the molecule is CNC(=O)[C@H]1CN(CC(=O)N2CCOCC2)CCN(C(C)=O)C1. The molecule has 8 heteroatoms. The van der Waals surface area contributed by atoms with Crippen LogP contribution in [0.3, 0.4) is 0 Å². The Bertz CT molecular complexity index is 451. The Labute approximate surface area is 136 Å². The van der Waals surface area contributed by atoms with E-state index in [0.29, 0.717) is 52.5 Å². The molecule has 0 aromatic carbocycles. The monoisotopic (exact) mass is 326 g/mol. The predicted octanol–water partition coefficient (Wildman–Crippen LogP) is -1.63. The number of rotatable bonds is 3. The van der Waals surface area contributed by atoms with Gasteiger partial charge < -0.3 is 19.9 Å². The van der Waals surface area contributed by atoms with Gasteiger partial charge in [-0.1, -0.05) is 0 Å². The van der Waals surface area contributed by atoms with E-state index < -0.39 is 0 Å². The number of carbonyl (C=O) groups is 3. The van der Waals surface area contributed by atoms with Crippen molar-refractivity contribution in [2.24, 2.45) is 5.92 Å². The molecular weight excluding hydrogens is 300 g/mol. The summed E-state index contributed by atoms with van der Waals surface area (Å²) in [6.45, 7) is 6.19. The van der Waals surface area contributed by atoms with Crippen molar-refractivity contribution in [3.05, 3.63) is 0 Å². The third-order valence-electron chi connectivity index (χ3n) is 4.39. The Morgan fingerprint density at radius 2 is 1.74 bits per heavy atom. The first-order valence-corrected chi connectivity index (χ1v) is 8.06. The van der Waals surface area contributed by atoms with Gasteiger partial charge >= 0.3 is 0 Å². The third kappa shape index (κ3) is 4.90. The van der Waals surface area contributed by atoms with Gasteiger partial charge in [0.1, 0.15) is 0 Å².